The zero-order valence-electron chi connectivity index (χ0n) is 10.7. The lowest BCUT2D eigenvalue weighted by Crippen LogP contribution is -1.96. The predicted octanol–water partition coefficient (Wildman–Crippen LogP) is 3.54. The van der Waals surface area contributed by atoms with Crippen LogP contribution in [-0.2, 0) is 6.42 Å². The van der Waals surface area contributed by atoms with E-state index in [1.165, 1.54) is 0 Å². The molecular formula is C14H13ClN4. The van der Waals surface area contributed by atoms with Gasteiger partial charge in [-0.15, -0.1) is 0 Å². The average Bonchev–Trinajstić information content (AvgIpc) is 2.81. The predicted molar refractivity (Wildman–Crippen MR) is 76.2 cm³/mol. The molecule has 4 nitrogen and oxygen atoms in total. The third kappa shape index (κ3) is 2.08. The van der Waals surface area contributed by atoms with Gasteiger partial charge in [0, 0.05) is 29.5 Å². The van der Waals surface area contributed by atoms with Gasteiger partial charge in [-0.1, -0.05) is 18.5 Å². The van der Waals surface area contributed by atoms with Crippen LogP contribution in [0.25, 0.3) is 22.3 Å². The Morgan fingerprint density at radius 1 is 1.26 bits per heavy atom. The molecule has 0 bridgehead atoms. The van der Waals surface area contributed by atoms with Gasteiger partial charge in [-0.3, -0.25) is 0 Å². The second-order valence-electron chi connectivity index (χ2n) is 4.40. The van der Waals surface area contributed by atoms with Crippen molar-refractivity contribution in [3.8, 4) is 11.3 Å². The number of hydrogen-bond acceptors (Lipinski definition) is 3. The Balaban J connectivity index is 2.29. The van der Waals surface area contributed by atoms with Crippen molar-refractivity contribution in [2.75, 3.05) is 0 Å². The zero-order chi connectivity index (χ0) is 13.4. The Morgan fingerprint density at radius 3 is 2.89 bits per heavy atom. The monoisotopic (exact) mass is 272 g/mol. The molecule has 3 rings (SSSR count). The summed E-state index contributed by atoms with van der Waals surface area (Å²) in [5, 5.41) is 1.61. The molecule has 0 aliphatic rings. The van der Waals surface area contributed by atoms with Gasteiger partial charge in [0.25, 0.3) is 0 Å². The number of fused-ring (bicyclic) bond motifs is 1. The van der Waals surface area contributed by atoms with Crippen LogP contribution in [-0.4, -0.2) is 19.9 Å². The number of hydrogen-bond donors (Lipinski definition) is 1. The van der Waals surface area contributed by atoms with Crippen molar-refractivity contribution in [2.24, 2.45) is 0 Å². The molecule has 0 fully saturated rings. The van der Waals surface area contributed by atoms with Crippen LogP contribution in [0.3, 0.4) is 0 Å². The molecule has 0 saturated heterocycles. The molecule has 5 heteroatoms. The first-order valence-corrected chi connectivity index (χ1v) is 6.52. The van der Waals surface area contributed by atoms with Crippen LogP contribution < -0.4 is 0 Å². The Hall–Kier alpha value is -1.94. The molecule has 0 spiro atoms. The number of nitrogens with zero attached hydrogens (tertiary/aromatic N) is 3. The van der Waals surface area contributed by atoms with E-state index in [9.17, 15) is 0 Å². The molecule has 0 aliphatic carbocycles. The van der Waals surface area contributed by atoms with Gasteiger partial charge >= 0.3 is 0 Å². The molecule has 0 saturated carbocycles. The summed E-state index contributed by atoms with van der Waals surface area (Å²) in [6.07, 6.45) is 6.33. The highest BCUT2D eigenvalue weighted by Gasteiger charge is 2.13. The van der Waals surface area contributed by atoms with Gasteiger partial charge in [-0.05, 0) is 25.0 Å². The van der Waals surface area contributed by atoms with E-state index in [2.05, 4.69) is 26.9 Å². The van der Waals surface area contributed by atoms with Gasteiger partial charge in [0.15, 0.2) is 0 Å². The molecule has 1 N–H and O–H groups in total. The van der Waals surface area contributed by atoms with Crippen molar-refractivity contribution < 1.29 is 0 Å². The highest BCUT2D eigenvalue weighted by molar-refractivity contribution is 6.31. The van der Waals surface area contributed by atoms with E-state index in [0.717, 1.165) is 40.1 Å². The van der Waals surface area contributed by atoms with Gasteiger partial charge in [0.05, 0.1) is 10.7 Å². The highest BCUT2D eigenvalue weighted by atomic mass is 35.5. The lowest BCUT2D eigenvalue weighted by molar-refractivity contribution is 0.997. The number of H-pyrrole nitrogens is 1. The summed E-state index contributed by atoms with van der Waals surface area (Å²) >= 11 is 6.03. The summed E-state index contributed by atoms with van der Waals surface area (Å²) < 4.78 is 0. The number of rotatable bonds is 2. The Bertz CT molecular complexity index is 748. The summed E-state index contributed by atoms with van der Waals surface area (Å²) in [5.41, 5.74) is 3.90. The second kappa shape index (κ2) is 4.63. The summed E-state index contributed by atoms with van der Waals surface area (Å²) in [4.78, 5) is 16.2. The van der Waals surface area contributed by atoms with Crippen LogP contribution in [0.4, 0.5) is 0 Å². The topological polar surface area (TPSA) is 54.5 Å². The van der Waals surface area contributed by atoms with E-state index in [4.69, 9.17) is 11.6 Å². The summed E-state index contributed by atoms with van der Waals surface area (Å²) in [7, 11) is 0. The van der Waals surface area contributed by atoms with Crippen LogP contribution >= 0.6 is 11.6 Å². The molecule has 0 aliphatic heterocycles. The number of pyridine rings is 1. The molecule has 19 heavy (non-hydrogen) atoms. The van der Waals surface area contributed by atoms with Gasteiger partial charge in [-0.25, -0.2) is 15.0 Å². The molecule has 0 aromatic carbocycles. The fourth-order valence-electron chi connectivity index (χ4n) is 2.16. The highest BCUT2D eigenvalue weighted by Crippen LogP contribution is 2.30. The van der Waals surface area contributed by atoms with Crippen molar-refractivity contribution in [1.82, 2.24) is 19.9 Å². The van der Waals surface area contributed by atoms with E-state index in [0.29, 0.717) is 5.02 Å². The van der Waals surface area contributed by atoms with E-state index in [-0.39, 0.29) is 0 Å². The van der Waals surface area contributed by atoms with Crippen molar-refractivity contribution in [1.29, 1.82) is 0 Å². The summed E-state index contributed by atoms with van der Waals surface area (Å²) in [5.74, 6) is 0.761. The first kappa shape index (κ1) is 12.1. The summed E-state index contributed by atoms with van der Waals surface area (Å²) in [6, 6.07) is 1.91. The fraction of sp³-hybridized carbons (Fsp3) is 0.214. The fourth-order valence-corrected chi connectivity index (χ4v) is 2.32. The van der Waals surface area contributed by atoms with E-state index >= 15 is 0 Å². The number of halogens is 1. The Morgan fingerprint density at radius 2 is 2.11 bits per heavy atom. The molecule has 3 aromatic rings. The van der Waals surface area contributed by atoms with Crippen molar-refractivity contribution in [3.05, 3.63) is 41.1 Å². The van der Waals surface area contributed by atoms with Crippen molar-refractivity contribution >= 4 is 22.6 Å². The smallest absolute Gasteiger partial charge is 0.138 e. The average molecular weight is 273 g/mol. The van der Waals surface area contributed by atoms with E-state index in [1.807, 2.05) is 25.4 Å². The molecule has 0 atom stereocenters. The zero-order valence-corrected chi connectivity index (χ0v) is 11.5. The molecular weight excluding hydrogens is 260 g/mol. The molecule has 96 valence electrons. The normalized spacial score (nSPS) is 11.1. The number of nitrogens with one attached hydrogen (secondary N) is 1. The van der Waals surface area contributed by atoms with Crippen LogP contribution in [0.1, 0.15) is 18.3 Å². The maximum atomic E-state index is 6.03. The maximum Gasteiger partial charge on any atom is 0.138 e. The summed E-state index contributed by atoms with van der Waals surface area (Å²) in [6.45, 7) is 3.99. The van der Waals surface area contributed by atoms with E-state index < -0.39 is 0 Å². The Labute approximate surface area is 115 Å². The van der Waals surface area contributed by atoms with Crippen LogP contribution in [0, 0.1) is 6.92 Å². The number of aromatic nitrogens is 4. The maximum absolute atomic E-state index is 6.03. The van der Waals surface area contributed by atoms with Crippen LogP contribution in [0.2, 0.25) is 5.02 Å². The minimum Gasteiger partial charge on any atom is -0.345 e. The van der Waals surface area contributed by atoms with Crippen LogP contribution in [0.5, 0.6) is 0 Å². The van der Waals surface area contributed by atoms with Gasteiger partial charge < -0.3 is 4.98 Å². The van der Waals surface area contributed by atoms with Crippen molar-refractivity contribution in [3.63, 3.8) is 0 Å². The third-order valence-corrected chi connectivity index (χ3v) is 3.33. The number of aryl methyl sites for hydroxylation is 2. The van der Waals surface area contributed by atoms with Gasteiger partial charge in [-0.2, -0.15) is 0 Å². The number of aromatic amines is 1. The SMILES string of the molecule is CCc1cnc(C)nc1-c1c[nH]c2ncc(Cl)cc12. The molecule has 0 amide bonds. The molecule has 3 aromatic heterocycles. The van der Waals surface area contributed by atoms with Gasteiger partial charge in [0.1, 0.15) is 11.5 Å². The Kier molecular flexibility index (Phi) is 2.95. The quantitative estimate of drug-likeness (QED) is 0.776. The van der Waals surface area contributed by atoms with Crippen LogP contribution in [0.15, 0.2) is 24.7 Å². The lowest BCUT2D eigenvalue weighted by Gasteiger charge is -2.06. The molecule has 0 unspecified atom stereocenters. The first-order chi connectivity index (χ1) is 9.19. The largest absolute Gasteiger partial charge is 0.345 e. The first-order valence-electron chi connectivity index (χ1n) is 6.14. The standard InChI is InChI=1S/C14H13ClN4/c1-3-9-5-16-8(2)19-13(9)12-7-18-14-11(12)4-10(15)6-17-14/h4-7H,3H2,1-2H3,(H,17,18). The minimum absolute atomic E-state index is 0.622. The molecule has 0 radical (unpaired) electrons. The molecule has 3 heterocycles. The second-order valence-corrected chi connectivity index (χ2v) is 4.83. The van der Waals surface area contributed by atoms with Crippen molar-refractivity contribution in [2.45, 2.75) is 20.3 Å². The minimum atomic E-state index is 0.622. The lowest BCUT2D eigenvalue weighted by atomic mass is 10.1. The van der Waals surface area contributed by atoms with Gasteiger partial charge in [0.2, 0.25) is 0 Å². The third-order valence-electron chi connectivity index (χ3n) is 3.12. The van der Waals surface area contributed by atoms with E-state index in [1.54, 1.807) is 6.20 Å².